The molecule has 0 unspecified atom stereocenters. The minimum Gasteiger partial charge on any atom is -0.393 e. The Kier molecular flexibility index (Phi) is 5.94. The molecule has 28 heavy (non-hydrogen) atoms. The Morgan fingerprint density at radius 3 is 2.21 bits per heavy atom. The summed E-state index contributed by atoms with van der Waals surface area (Å²) in [6, 6.07) is 15.0. The third kappa shape index (κ3) is 3.49. The minimum atomic E-state index is -3.63. The largest absolute Gasteiger partial charge is 0.393 e. The Hall–Kier alpha value is -1.76. The third-order valence-corrected chi connectivity index (χ3v) is 8.36. The van der Waals surface area contributed by atoms with Crippen molar-refractivity contribution in [3.05, 3.63) is 65.2 Å². The van der Waals surface area contributed by atoms with Crippen molar-refractivity contribution in [2.75, 3.05) is 13.2 Å². The maximum Gasteiger partial charge on any atom is 0.182 e. The van der Waals surface area contributed by atoms with Crippen molar-refractivity contribution in [2.45, 2.75) is 43.3 Å². The molecule has 1 aliphatic rings. The molecule has 1 aliphatic carbocycles. The maximum atomic E-state index is 13.5. The van der Waals surface area contributed by atoms with E-state index in [9.17, 15) is 8.42 Å². The molecule has 0 heterocycles. The highest BCUT2D eigenvalue weighted by Crippen LogP contribution is 2.64. The van der Waals surface area contributed by atoms with Gasteiger partial charge in [-0.3, -0.25) is 0 Å². The molecule has 1 saturated carbocycles. The second-order valence-electron chi connectivity index (χ2n) is 7.39. The monoisotopic (exact) mass is 417 g/mol. The molecule has 6 heteroatoms. The first-order valence-corrected chi connectivity index (χ1v) is 11.5. The van der Waals surface area contributed by atoms with E-state index in [2.05, 4.69) is 6.92 Å². The number of aryl methyl sites for hydroxylation is 2. The summed E-state index contributed by atoms with van der Waals surface area (Å²) in [6.07, 6.45) is 0.926. The summed E-state index contributed by atoms with van der Waals surface area (Å²) in [5.74, 6) is -0.311. The molecule has 0 radical (unpaired) electrons. The Balaban J connectivity index is 2.08. The summed E-state index contributed by atoms with van der Waals surface area (Å²) in [7, 11) is -3.63. The summed E-state index contributed by atoms with van der Waals surface area (Å²) in [6.45, 7) is 6.58. The average Bonchev–Trinajstić information content (AvgIpc) is 3.38. The predicted octanol–water partition coefficient (Wildman–Crippen LogP) is 3.81. The highest BCUT2D eigenvalue weighted by Gasteiger charge is 2.73. The number of nitrogens with two attached hydrogens (primary N) is 1. The van der Waals surface area contributed by atoms with Crippen molar-refractivity contribution in [2.24, 2.45) is 11.1 Å². The van der Waals surface area contributed by atoms with Gasteiger partial charge in [-0.05, 0) is 43.5 Å². The maximum absolute atomic E-state index is 13.5. The quantitative estimate of drug-likeness (QED) is 0.662. The molecule has 4 nitrogen and oxygen atoms in total. The van der Waals surface area contributed by atoms with Crippen LogP contribution in [0.2, 0.25) is 0 Å². The van der Waals surface area contributed by atoms with E-state index in [0.29, 0.717) is 11.5 Å². The topological polar surface area (TPSA) is 69.4 Å². The van der Waals surface area contributed by atoms with Crippen LogP contribution >= 0.6 is 12.2 Å². The van der Waals surface area contributed by atoms with Crippen LogP contribution in [0.1, 0.15) is 36.5 Å². The first-order chi connectivity index (χ1) is 13.3. The zero-order chi connectivity index (χ0) is 20.5. The standard InChI is InChI=1S/C22H27NO3S2/c1-4-16-8-10-17(11-9-16)19-20(22(19,21(23)27)14-26-5-2)28(24,25)18-12-6-15(3)7-13-18/h6-13,19-20H,4-5,14H2,1-3H3,(H2,23,27)/t19-,20+,22+/m1/s1. The molecule has 0 spiro atoms. The van der Waals surface area contributed by atoms with Gasteiger partial charge in [0.25, 0.3) is 0 Å². The Labute approximate surface area is 173 Å². The molecule has 2 aromatic rings. The minimum absolute atomic E-state index is 0.200. The molecule has 0 saturated heterocycles. The van der Waals surface area contributed by atoms with Crippen LogP contribution in [-0.2, 0) is 21.0 Å². The van der Waals surface area contributed by atoms with E-state index in [-0.39, 0.29) is 17.5 Å². The lowest BCUT2D eigenvalue weighted by Crippen LogP contribution is -2.33. The van der Waals surface area contributed by atoms with Crippen LogP contribution in [0.3, 0.4) is 0 Å². The fourth-order valence-corrected chi connectivity index (χ4v) is 6.75. The van der Waals surface area contributed by atoms with Crippen molar-refractivity contribution < 1.29 is 13.2 Å². The Morgan fingerprint density at radius 1 is 1.11 bits per heavy atom. The van der Waals surface area contributed by atoms with Crippen LogP contribution < -0.4 is 5.73 Å². The summed E-state index contributed by atoms with van der Waals surface area (Å²) in [5, 5.41) is -0.723. The van der Waals surface area contributed by atoms with Gasteiger partial charge in [0.1, 0.15) is 0 Å². The number of hydrogen-bond donors (Lipinski definition) is 1. The van der Waals surface area contributed by atoms with Crippen LogP contribution in [0.5, 0.6) is 0 Å². The van der Waals surface area contributed by atoms with Gasteiger partial charge in [-0.2, -0.15) is 0 Å². The van der Waals surface area contributed by atoms with Gasteiger partial charge in [0, 0.05) is 12.5 Å². The van der Waals surface area contributed by atoms with Crippen LogP contribution in [0.25, 0.3) is 0 Å². The van der Waals surface area contributed by atoms with Gasteiger partial charge in [-0.15, -0.1) is 0 Å². The molecule has 2 aromatic carbocycles. The van der Waals surface area contributed by atoms with E-state index < -0.39 is 20.5 Å². The summed E-state index contributed by atoms with van der Waals surface area (Å²) < 4.78 is 32.7. The van der Waals surface area contributed by atoms with E-state index in [1.54, 1.807) is 12.1 Å². The SMILES string of the molecule is CCOC[C@]1(C(N)=S)[C@H](c2ccc(CC)cc2)[C@@H]1S(=O)(=O)c1ccc(C)cc1. The number of sulfone groups is 1. The van der Waals surface area contributed by atoms with Gasteiger partial charge in [-0.1, -0.05) is 61.1 Å². The predicted molar refractivity (Wildman–Crippen MR) is 116 cm³/mol. The molecule has 3 rings (SSSR count). The number of rotatable bonds is 8. The first kappa shape index (κ1) is 21.0. The first-order valence-electron chi connectivity index (χ1n) is 9.56. The van der Waals surface area contributed by atoms with Gasteiger partial charge in [0.05, 0.1) is 27.2 Å². The van der Waals surface area contributed by atoms with E-state index in [4.69, 9.17) is 22.7 Å². The molecular weight excluding hydrogens is 390 g/mol. The molecule has 3 atom stereocenters. The third-order valence-electron chi connectivity index (χ3n) is 5.69. The molecule has 0 bridgehead atoms. The number of hydrogen-bond acceptors (Lipinski definition) is 4. The van der Waals surface area contributed by atoms with Gasteiger partial charge in [-0.25, -0.2) is 8.42 Å². The molecular formula is C22H27NO3S2. The normalized spacial score (nSPS) is 24.1. The van der Waals surface area contributed by atoms with E-state index in [1.807, 2.05) is 50.2 Å². The zero-order valence-corrected chi connectivity index (χ0v) is 18.1. The lowest BCUT2D eigenvalue weighted by atomic mass is 9.98. The van der Waals surface area contributed by atoms with Gasteiger partial charge in [0.15, 0.2) is 9.84 Å². The van der Waals surface area contributed by atoms with E-state index in [0.717, 1.165) is 17.5 Å². The van der Waals surface area contributed by atoms with Crippen molar-refractivity contribution in [3.63, 3.8) is 0 Å². The highest BCUT2D eigenvalue weighted by molar-refractivity contribution is 7.92. The van der Waals surface area contributed by atoms with Gasteiger partial charge >= 0.3 is 0 Å². The highest BCUT2D eigenvalue weighted by atomic mass is 32.2. The molecule has 2 N–H and O–H groups in total. The molecule has 0 aliphatic heterocycles. The molecule has 0 aromatic heterocycles. The number of benzene rings is 2. The van der Waals surface area contributed by atoms with Crippen LogP contribution in [-0.4, -0.2) is 31.9 Å². The summed E-state index contributed by atoms with van der Waals surface area (Å²) in [4.78, 5) is 0.499. The Bertz CT molecular complexity index is 952. The second kappa shape index (κ2) is 7.93. The lowest BCUT2D eigenvalue weighted by Gasteiger charge is -2.17. The van der Waals surface area contributed by atoms with Gasteiger partial charge < -0.3 is 10.5 Å². The fourth-order valence-electron chi connectivity index (χ4n) is 3.98. The molecule has 0 amide bonds. The average molecular weight is 418 g/mol. The number of ether oxygens (including phenoxy) is 1. The van der Waals surface area contributed by atoms with Crippen molar-refractivity contribution in [3.8, 4) is 0 Å². The Morgan fingerprint density at radius 2 is 1.71 bits per heavy atom. The van der Waals surface area contributed by atoms with Crippen LogP contribution in [0.15, 0.2) is 53.4 Å². The van der Waals surface area contributed by atoms with Crippen molar-refractivity contribution in [1.82, 2.24) is 0 Å². The summed E-state index contributed by atoms with van der Waals surface area (Å²) in [5.41, 5.74) is 8.40. The lowest BCUT2D eigenvalue weighted by molar-refractivity contribution is 0.121. The summed E-state index contributed by atoms with van der Waals surface area (Å²) >= 11 is 5.38. The van der Waals surface area contributed by atoms with Crippen molar-refractivity contribution >= 4 is 27.0 Å². The smallest absolute Gasteiger partial charge is 0.182 e. The second-order valence-corrected chi connectivity index (χ2v) is 9.90. The van der Waals surface area contributed by atoms with Crippen LogP contribution in [0.4, 0.5) is 0 Å². The zero-order valence-electron chi connectivity index (χ0n) is 16.5. The number of thiocarbonyl (C=S) groups is 1. The van der Waals surface area contributed by atoms with Crippen LogP contribution in [0, 0.1) is 12.3 Å². The fraction of sp³-hybridized carbons (Fsp3) is 0.409. The van der Waals surface area contributed by atoms with E-state index >= 15 is 0 Å². The molecule has 150 valence electrons. The van der Waals surface area contributed by atoms with E-state index in [1.165, 1.54) is 5.56 Å². The van der Waals surface area contributed by atoms with Crippen molar-refractivity contribution in [1.29, 1.82) is 0 Å². The van der Waals surface area contributed by atoms with Gasteiger partial charge in [0.2, 0.25) is 0 Å². The molecule has 1 fully saturated rings.